The number of benzene rings is 1. The van der Waals surface area contributed by atoms with Gasteiger partial charge in [-0.2, -0.15) is 4.31 Å². The summed E-state index contributed by atoms with van der Waals surface area (Å²) >= 11 is 13.0. The molecule has 10 heteroatoms. The molecule has 6 nitrogen and oxygen atoms in total. The lowest BCUT2D eigenvalue weighted by atomic mass is 10.2. The van der Waals surface area contributed by atoms with Crippen molar-refractivity contribution >= 4 is 50.2 Å². The van der Waals surface area contributed by atoms with E-state index in [-0.39, 0.29) is 27.7 Å². The van der Waals surface area contributed by atoms with Crippen molar-refractivity contribution in [2.45, 2.75) is 18.4 Å². The quantitative estimate of drug-likeness (QED) is 0.564. The molecule has 1 aromatic heterocycles. The van der Waals surface area contributed by atoms with Crippen molar-refractivity contribution in [3.63, 3.8) is 0 Å². The summed E-state index contributed by atoms with van der Waals surface area (Å²) < 4.78 is 26.8. The van der Waals surface area contributed by atoms with E-state index in [1.54, 1.807) is 12.1 Å². The van der Waals surface area contributed by atoms with Gasteiger partial charge in [0.1, 0.15) is 0 Å². The van der Waals surface area contributed by atoms with E-state index in [9.17, 15) is 18.5 Å². The minimum absolute atomic E-state index is 0.0327. The largest absolute Gasteiger partial charge is 0.275 e. The van der Waals surface area contributed by atoms with Crippen LogP contribution in [-0.4, -0.2) is 24.7 Å². The third-order valence-electron chi connectivity index (χ3n) is 3.20. The topological polar surface area (TPSA) is 80.5 Å². The number of hydrogen-bond acceptors (Lipinski definition) is 5. The number of rotatable bonds is 5. The second kappa shape index (κ2) is 6.74. The first-order valence-corrected chi connectivity index (χ1v) is 9.29. The van der Waals surface area contributed by atoms with Crippen LogP contribution in [0, 0.1) is 17.0 Å². The van der Waals surface area contributed by atoms with E-state index in [1.807, 2.05) is 0 Å². The summed E-state index contributed by atoms with van der Waals surface area (Å²) in [6.45, 7) is 1.58. The van der Waals surface area contributed by atoms with E-state index in [2.05, 4.69) is 0 Å². The third-order valence-corrected chi connectivity index (χ3v) is 6.59. The van der Waals surface area contributed by atoms with Crippen molar-refractivity contribution in [2.75, 3.05) is 7.05 Å². The van der Waals surface area contributed by atoms with Gasteiger partial charge >= 0.3 is 0 Å². The Hall–Kier alpha value is -1.19. The van der Waals surface area contributed by atoms with E-state index in [1.165, 1.54) is 31.4 Å². The fourth-order valence-electron chi connectivity index (χ4n) is 1.90. The monoisotopic (exact) mass is 394 g/mol. The number of nitrogens with zero attached hydrogens (tertiary/aromatic N) is 2. The molecule has 23 heavy (non-hydrogen) atoms. The molecule has 0 radical (unpaired) electrons. The Balaban J connectivity index is 2.41. The zero-order chi connectivity index (χ0) is 17.4. The SMILES string of the molecule is Cc1c(Cl)cc(S(=O)(=O)N(C)Cc2ccc(Cl)s2)cc1[N+](=O)[O-]. The van der Waals surface area contributed by atoms with Crippen molar-refractivity contribution in [1.82, 2.24) is 4.31 Å². The first kappa shape index (κ1) is 18.2. The van der Waals surface area contributed by atoms with Gasteiger partial charge in [0, 0.05) is 30.1 Å². The van der Waals surface area contributed by atoms with Crippen LogP contribution < -0.4 is 0 Å². The molecular formula is C13H12Cl2N2O4S2. The van der Waals surface area contributed by atoms with E-state index in [4.69, 9.17) is 23.2 Å². The summed E-state index contributed by atoms with van der Waals surface area (Å²) in [4.78, 5) is 10.9. The average Bonchev–Trinajstić information content (AvgIpc) is 2.86. The first-order valence-electron chi connectivity index (χ1n) is 6.28. The Morgan fingerprint density at radius 1 is 1.30 bits per heavy atom. The van der Waals surface area contributed by atoms with E-state index in [0.717, 1.165) is 15.2 Å². The minimum Gasteiger partial charge on any atom is -0.258 e. The van der Waals surface area contributed by atoms with Gasteiger partial charge in [-0.3, -0.25) is 10.1 Å². The van der Waals surface area contributed by atoms with Gasteiger partial charge in [-0.25, -0.2) is 8.42 Å². The second-order valence-corrected chi connectivity index (χ2v) is 9.02. The zero-order valence-corrected chi connectivity index (χ0v) is 15.3. The number of thiophene rings is 1. The molecule has 0 spiro atoms. The molecule has 2 aromatic rings. The Kier molecular flexibility index (Phi) is 5.32. The van der Waals surface area contributed by atoms with E-state index >= 15 is 0 Å². The van der Waals surface area contributed by atoms with Crippen molar-refractivity contribution in [2.24, 2.45) is 0 Å². The Morgan fingerprint density at radius 3 is 2.48 bits per heavy atom. The first-order chi connectivity index (χ1) is 10.6. The fraction of sp³-hybridized carbons (Fsp3) is 0.231. The number of nitro benzene ring substituents is 1. The predicted octanol–water partition coefficient (Wildman–Crippen LogP) is 4.09. The van der Waals surface area contributed by atoms with E-state index in [0.29, 0.717) is 4.34 Å². The molecule has 0 saturated heterocycles. The average molecular weight is 395 g/mol. The summed E-state index contributed by atoms with van der Waals surface area (Å²) in [5, 5.41) is 11.1. The molecule has 0 aliphatic rings. The van der Waals surface area contributed by atoms with Gasteiger partial charge < -0.3 is 0 Å². The summed E-state index contributed by atoms with van der Waals surface area (Å²) in [7, 11) is -2.52. The van der Waals surface area contributed by atoms with Gasteiger partial charge in [0.15, 0.2) is 0 Å². The smallest absolute Gasteiger partial charge is 0.258 e. The molecule has 1 heterocycles. The molecule has 0 unspecified atom stereocenters. The van der Waals surface area contributed by atoms with Crippen molar-refractivity contribution in [3.8, 4) is 0 Å². The highest BCUT2D eigenvalue weighted by atomic mass is 35.5. The highest BCUT2D eigenvalue weighted by Gasteiger charge is 2.26. The highest BCUT2D eigenvalue weighted by Crippen LogP contribution is 2.31. The summed E-state index contributed by atoms with van der Waals surface area (Å²) in [5.74, 6) is 0. The maximum absolute atomic E-state index is 12.6. The van der Waals surface area contributed by atoms with Crippen molar-refractivity contribution < 1.29 is 13.3 Å². The normalized spacial score (nSPS) is 11.9. The summed E-state index contributed by atoms with van der Waals surface area (Å²) in [6.07, 6.45) is 0. The Morgan fingerprint density at radius 2 is 1.96 bits per heavy atom. The van der Waals surface area contributed by atoms with Crippen molar-refractivity contribution in [3.05, 3.63) is 54.2 Å². The van der Waals surface area contributed by atoms with Gasteiger partial charge in [0.2, 0.25) is 10.0 Å². The van der Waals surface area contributed by atoms with Gasteiger partial charge in [0.25, 0.3) is 5.69 Å². The highest BCUT2D eigenvalue weighted by molar-refractivity contribution is 7.89. The third kappa shape index (κ3) is 3.84. The van der Waals surface area contributed by atoms with Crippen LogP contribution in [0.25, 0.3) is 0 Å². The number of sulfonamides is 1. The van der Waals surface area contributed by atoms with E-state index < -0.39 is 14.9 Å². The molecule has 0 amide bonds. The van der Waals surface area contributed by atoms with Gasteiger partial charge in [-0.05, 0) is 25.1 Å². The molecule has 2 rings (SSSR count). The standard InChI is InChI=1S/C13H12Cl2N2O4S2/c1-8-11(14)5-10(6-12(8)17(18)19)23(20,21)16(2)7-9-3-4-13(15)22-9/h3-6H,7H2,1-2H3. The van der Waals surface area contributed by atoms with Crippen LogP contribution in [0.2, 0.25) is 9.36 Å². The molecule has 0 saturated carbocycles. The van der Waals surface area contributed by atoms with Gasteiger partial charge in [-0.1, -0.05) is 23.2 Å². The second-order valence-electron chi connectivity index (χ2n) is 4.77. The molecule has 0 bridgehead atoms. The van der Waals surface area contributed by atoms with Crippen LogP contribution in [0.3, 0.4) is 0 Å². The van der Waals surface area contributed by atoms with Crippen LogP contribution >= 0.6 is 34.5 Å². The Labute approximate surface area is 147 Å². The molecule has 0 aliphatic carbocycles. The lowest BCUT2D eigenvalue weighted by molar-refractivity contribution is -0.385. The lowest BCUT2D eigenvalue weighted by Gasteiger charge is -2.17. The molecule has 1 aromatic carbocycles. The van der Waals surface area contributed by atoms with Crippen LogP contribution in [0.15, 0.2) is 29.2 Å². The predicted molar refractivity (Wildman–Crippen MR) is 90.8 cm³/mol. The van der Waals surface area contributed by atoms with Crippen LogP contribution in [0.5, 0.6) is 0 Å². The molecule has 124 valence electrons. The maximum Gasteiger partial charge on any atom is 0.275 e. The molecule has 0 fully saturated rings. The molecule has 0 aliphatic heterocycles. The van der Waals surface area contributed by atoms with Crippen LogP contribution in [0.1, 0.15) is 10.4 Å². The molecular weight excluding hydrogens is 383 g/mol. The Bertz CT molecular complexity index is 865. The maximum atomic E-state index is 12.6. The zero-order valence-electron chi connectivity index (χ0n) is 12.1. The summed E-state index contributed by atoms with van der Waals surface area (Å²) in [5.41, 5.74) is -0.105. The summed E-state index contributed by atoms with van der Waals surface area (Å²) in [6, 6.07) is 5.64. The molecule has 0 N–H and O–H groups in total. The molecule has 0 atom stereocenters. The number of nitro groups is 1. The minimum atomic E-state index is -3.92. The lowest BCUT2D eigenvalue weighted by Crippen LogP contribution is -2.26. The van der Waals surface area contributed by atoms with Gasteiger partial charge in [0.05, 0.1) is 19.2 Å². The fourth-order valence-corrected chi connectivity index (χ4v) is 4.60. The van der Waals surface area contributed by atoms with Crippen LogP contribution in [0.4, 0.5) is 5.69 Å². The van der Waals surface area contributed by atoms with Crippen LogP contribution in [-0.2, 0) is 16.6 Å². The van der Waals surface area contributed by atoms with Crippen molar-refractivity contribution in [1.29, 1.82) is 0 Å². The van der Waals surface area contributed by atoms with Gasteiger partial charge in [-0.15, -0.1) is 11.3 Å². The number of hydrogen-bond donors (Lipinski definition) is 0. The number of halogens is 2.